The van der Waals surface area contributed by atoms with Crippen molar-refractivity contribution in [3.8, 4) is 0 Å². The van der Waals surface area contributed by atoms with Gasteiger partial charge in [0, 0.05) is 56.7 Å². The van der Waals surface area contributed by atoms with Gasteiger partial charge in [-0.2, -0.15) is 0 Å². The first-order chi connectivity index (χ1) is 17.1. The second-order valence-electron chi connectivity index (χ2n) is 9.68. The average Bonchev–Trinajstić information content (AvgIpc) is 2.82. The number of hydrogen-bond acceptors (Lipinski definition) is 5. The van der Waals surface area contributed by atoms with E-state index in [9.17, 15) is 18.8 Å². The lowest BCUT2D eigenvalue weighted by Gasteiger charge is -2.38. The molecule has 0 bridgehead atoms. The Labute approximate surface area is 211 Å². The Hall–Kier alpha value is -3.66. The number of halogens is 1. The lowest BCUT2D eigenvalue weighted by Crippen LogP contribution is -2.55. The monoisotopic (exact) mass is 499 g/mol. The van der Waals surface area contributed by atoms with E-state index in [1.807, 2.05) is 20.8 Å². The zero-order valence-electron chi connectivity index (χ0n) is 21.2. The van der Waals surface area contributed by atoms with E-state index in [0.29, 0.717) is 43.1 Å². The van der Waals surface area contributed by atoms with Crippen molar-refractivity contribution < 1.29 is 23.5 Å². The smallest absolute Gasteiger partial charge is 0.317 e. The molecule has 1 heterocycles. The summed E-state index contributed by atoms with van der Waals surface area (Å²) in [7, 11) is 1.43. The minimum atomic E-state index is -0.345. The van der Waals surface area contributed by atoms with Crippen LogP contribution in [0.2, 0.25) is 0 Å². The second-order valence-corrected chi connectivity index (χ2v) is 9.68. The number of nitrogens with zero attached hydrogens (tertiary/aromatic N) is 2. The van der Waals surface area contributed by atoms with Gasteiger partial charge in [-0.25, -0.2) is 9.18 Å². The molecular formula is C26H34FN5O4. The standard InChI is InChI=1S/C26H34FN5O4/c1-26(2,3)30-25(35)32-13-11-31(12-14-32)22-10-9-20(29-23(33)17-36-4)15-21(22)24(34)28-16-18-5-7-19(27)8-6-18/h5-10,15H,11-14,16-17H2,1-4H3,(H,28,34)(H,29,33)(H,30,35). The van der Waals surface area contributed by atoms with Crippen LogP contribution in [-0.2, 0) is 16.1 Å². The number of benzene rings is 2. The molecule has 10 heteroatoms. The third-order valence-corrected chi connectivity index (χ3v) is 5.56. The molecule has 1 aliphatic heterocycles. The summed E-state index contributed by atoms with van der Waals surface area (Å²) in [5.41, 5.74) is 1.99. The lowest BCUT2D eigenvalue weighted by molar-refractivity contribution is -0.119. The van der Waals surface area contributed by atoms with Crippen molar-refractivity contribution in [1.82, 2.24) is 15.5 Å². The summed E-state index contributed by atoms with van der Waals surface area (Å²) in [4.78, 5) is 41.6. The predicted octanol–water partition coefficient (Wildman–Crippen LogP) is 2.97. The zero-order valence-corrected chi connectivity index (χ0v) is 21.2. The van der Waals surface area contributed by atoms with Crippen molar-refractivity contribution in [3.05, 3.63) is 59.4 Å². The van der Waals surface area contributed by atoms with Crippen molar-refractivity contribution in [2.45, 2.75) is 32.9 Å². The Morgan fingerprint density at radius 1 is 1.00 bits per heavy atom. The molecule has 0 aliphatic carbocycles. The highest BCUT2D eigenvalue weighted by molar-refractivity contribution is 6.02. The van der Waals surface area contributed by atoms with E-state index in [1.54, 1.807) is 35.2 Å². The molecule has 1 saturated heterocycles. The molecular weight excluding hydrogens is 465 g/mol. The van der Waals surface area contributed by atoms with Crippen LogP contribution < -0.4 is 20.9 Å². The van der Waals surface area contributed by atoms with Crippen LogP contribution in [0.25, 0.3) is 0 Å². The summed E-state index contributed by atoms with van der Waals surface area (Å²) in [6, 6.07) is 10.9. The van der Waals surface area contributed by atoms with Gasteiger partial charge in [0.15, 0.2) is 0 Å². The molecule has 0 atom stereocenters. The predicted molar refractivity (Wildman–Crippen MR) is 137 cm³/mol. The number of amides is 4. The van der Waals surface area contributed by atoms with Gasteiger partial charge in [-0.3, -0.25) is 9.59 Å². The van der Waals surface area contributed by atoms with E-state index < -0.39 is 0 Å². The van der Waals surface area contributed by atoms with E-state index >= 15 is 0 Å². The van der Waals surface area contributed by atoms with Crippen molar-refractivity contribution in [2.75, 3.05) is 50.1 Å². The molecule has 0 saturated carbocycles. The molecule has 4 amide bonds. The molecule has 2 aromatic carbocycles. The highest BCUT2D eigenvalue weighted by Gasteiger charge is 2.26. The van der Waals surface area contributed by atoms with Crippen molar-refractivity contribution in [3.63, 3.8) is 0 Å². The van der Waals surface area contributed by atoms with Gasteiger partial charge in [-0.15, -0.1) is 0 Å². The van der Waals surface area contributed by atoms with Crippen LogP contribution in [0.5, 0.6) is 0 Å². The third kappa shape index (κ3) is 7.67. The number of hydrogen-bond donors (Lipinski definition) is 3. The van der Waals surface area contributed by atoms with E-state index in [4.69, 9.17) is 4.74 Å². The molecule has 9 nitrogen and oxygen atoms in total. The van der Waals surface area contributed by atoms with E-state index in [0.717, 1.165) is 5.56 Å². The van der Waals surface area contributed by atoms with Crippen LogP contribution in [0.1, 0.15) is 36.7 Å². The highest BCUT2D eigenvalue weighted by atomic mass is 19.1. The topological polar surface area (TPSA) is 103 Å². The maximum Gasteiger partial charge on any atom is 0.317 e. The summed E-state index contributed by atoms with van der Waals surface area (Å²) in [6.45, 7) is 8.03. The normalized spacial score (nSPS) is 13.8. The number of anilines is 2. The maximum atomic E-state index is 13.2. The Balaban J connectivity index is 1.76. The summed E-state index contributed by atoms with van der Waals surface area (Å²) in [6.07, 6.45) is 0. The van der Waals surface area contributed by atoms with Crippen LogP contribution in [0, 0.1) is 5.82 Å². The molecule has 0 spiro atoms. The number of ether oxygens (including phenoxy) is 1. The van der Waals surface area contributed by atoms with E-state index in [-0.39, 0.29) is 42.4 Å². The summed E-state index contributed by atoms with van der Waals surface area (Å²) in [5, 5.41) is 8.57. The highest BCUT2D eigenvalue weighted by Crippen LogP contribution is 2.26. The maximum absolute atomic E-state index is 13.2. The van der Waals surface area contributed by atoms with Gasteiger partial charge < -0.3 is 30.5 Å². The summed E-state index contributed by atoms with van der Waals surface area (Å²) >= 11 is 0. The van der Waals surface area contributed by atoms with E-state index in [2.05, 4.69) is 20.9 Å². The Morgan fingerprint density at radius 2 is 1.67 bits per heavy atom. The fourth-order valence-electron chi connectivity index (χ4n) is 3.83. The quantitative estimate of drug-likeness (QED) is 0.544. The molecule has 36 heavy (non-hydrogen) atoms. The molecule has 0 aromatic heterocycles. The summed E-state index contributed by atoms with van der Waals surface area (Å²) < 4.78 is 18.1. The number of urea groups is 1. The number of nitrogens with one attached hydrogen (secondary N) is 3. The van der Waals surface area contributed by atoms with Gasteiger partial charge in [-0.05, 0) is 56.7 Å². The Morgan fingerprint density at radius 3 is 2.28 bits per heavy atom. The fraction of sp³-hybridized carbons (Fsp3) is 0.423. The fourth-order valence-corrected chi connectivity index (χ4v) is 3.83. The first-order valence-corrected chi connectivity index (χ1v) is 11.8. The van der Waals surface area contributed by atoms with Crippen molar-refractivity contribution >= 4 is 29.2 Å². The minimum absolute atomic E-state index is 0.105. The van der Waals surface area contributed by atoms with Gasteiger partial charge in [0.2, 0.25) is 5.91 Å². The number of piperazine rings is 1. The average molecular weight is 500 g/mol. The van der Waals surface area contributed by atoms with Crippen LogP contribution in [-0.4, -0.2) is 68.2 Å². The molecule has 0 radical (unpaired) electrons. The number of carbonyl (C=O) groups is 3. The van der Waals surface area contributed by atoms with E-state index in [1.165, 1.54) is 19.2 Å². The SMILES string of the molecule is COCC(=O)Nc1ccc(N2CCN(C(=O)NC(C)(C)C)CC2)c(C(=O)NCc2ccc(F)cc2)c1. The Kier molecular flexibility index (Phi) is 8.87. The van der Waals surface area contributed by atoms with Gasteiger partial charge in [0.05, 0.1) is 5.56 Å². The molecule has 194 valence electrons. The molecule has 3 N–H and O–H groups in total. The zero-order chi connectivity index (χ0) is 26.3. The van der Waals surface area contributed by atoms with Gasteiger partial charge >= 0.3 is 6.03 Å². The molecule has 2 aromatic rings. The van der Waals surface area contributed by atoms with Crippen LogP contribution in [0.4, 0.5) is 20.6 Å². The van der Waals surface area contributed by atoms with Crippen molar-refractivity contribution in [2.24, 2.45) is 0 Å². The third-order valence-electron chi connectivity index (χ3n) is 5.56. The van der Waals surface area contributed by atoms with Gasteiger partial charge in [-0.1, -0.05) is 12.1 Å². The first kappa shape index (κ1) is 26.9. The number of rotatable bonds is 7. The van der Waals surface area contributed by atoms with Gasteiger partial charge in [0.1, 0.15) is 12.4 Å². The molecule has 1 aliphatic rings. The van der Waals surface area contributed by atoms with Crippen LogP contribution in [0.3, 0.4) is 0 Å². The number of carbonyl (C=O) groups excluding carboxylic acids is 3. The summed E-state index contributed by atoms with van der Waals surface area (Å²) in [5.74, 6) is -1.01. The Bertz CT molecular complexity index is 1080. The largest absolute Gasteiger partial charge is 0.375 e. The molecule has 1 fully saturated rings. The van der Waals surface area contributed by atoms with Crippen LogP contribution in [0.15, 0.2) is 42.5 Å². The number of methoxy groups -OCH3 is 1. The van der Waals surface area contributed by atoms with Crippen LogP contribution >= 0.6 is 0 Å². The minimum Gasteiger partial charge on any atom is -0.375 e. The van der Waals surface area contributed by atoms with Crippen molar-refractivity contribution in [1.29, 1.82) is 0 Å². The molecule has 3 rings (SSSR count). The first-order valence-electron chi connectivity index (χ1n) is 11.8. The van der Waals surface area contributed by atoms with Gasteiger partial charge in [0.25, 0.3) is 5.91 Å². The second kappa shape index (κ2) is 11.9. The lowest BCUT2D eigenvalue weighted by atomic mass is 10.1. The molecule has 0 unspecified atom stereocenters.